The Balaban J connectivity index is 1.47. The molecular formula is C29H40N6O6. The van der Waals surface area contributed by atoms with E-state index in [1.807, 2.05) is 15.7 Å². The van der Waals surface area contributed by atoms with E-state index in [0.29, 0.717) is 62.6 Å². The van der Waals surface area contributed by atoms with Gasteiger partial charge in [0.05, 0.1) is 18.9 Å². The molecular weight excluding hydrogens is 528 g/mol. The fourth-order valence-corrected chi connectivity index (χ4v) is 5.05. The quantitative estimate of drug-likeness (QED) is 0.533. The average molecular weight is 569 g/mol. The molecule has 0 spiro atoms. The number of hydrogen-bond acceptors (Lipinski definition) is 7. The highest BCUT2D eigenvalue weighted by atomic mass is 16.5. The normalized spacial score (nSPS) is 20.9. The third-order valence-corrected chi connectivity index (χ3v) is 7.61. The van der Waals surface area contributed by atoms with Crippen molar-refractivity contribution in [3.63, 3.8) is 0 Å². The van der Waals surface area contributed by atoms with Gasteiger partial charge in [0.1, 0.15) is 6.04 Å². The summed E-state index contributed by atoms with van der Waals surface area (Å²) in [5, 5.41) is 5.59. The zero-order chi connectivity index (χ0) is 29.4. The minimum Gasteiger partial charge on any atom is -0.493 e. The van der Waals surface area contributed by atoms with Gasteiger partial charge in [-0.3, -0.25) is 19.2 Å². The van der Waals surface area contributed by atoms with Crippen LogP contribution in [0.15, 0.2) is 36.9 Å². The molecule has 222 valence electrons. The summed E-state index contributed by atoms with van der Waals surface area (Å²) in [6.45, 7) is 3.89. The molecule has 1 fully saturated rings. The number of ether oxygens (including phenoxy) is 2. The first kappa shape index (κ1) is 29.9. The monoisotopic (exact) mass is 568 g/mol. The van der Waals surface area contributed by atoms with Crippen LogP contribution in [0.3, 0.4) is 0 Å². The Bertz CT molecular complexity index is 1230. The molecule has 12 heteroatoms. The summed E-state index contributed by atoms with van der Waals surface area (Å²) in [5.41, 5.74) is -0.0335. The van der Waals surface area contributed by atoms with Crippen molar-refractivity contribution in [1.29, 1.82) is 0 Å². The van der Waals surface area contributed by atoms with E-state index in [4.69, 9.17) is 9.47 Å². The summed E-state index contributed by atoms with van der Waals surface area (Å²) in [5.74, 6) is -0.194. The van der Waals surface area contributed by atoms with Crippen molar-refractivity contribution in [2.45, 2.75) is 51.6 Å². The molecule has 3 aliphatic rings. The smallest absolute Gasteiger partial charge is 0.258 e. The van der Waals surface area contributed by atoms with Crippen LogP contribution in [-0.2, 0) is 20.9 Å². The number of hydrogen-bond donors (Lipinski definition) is 2. The average Bonchev–Trinajstić information content (AvgIpc) is 3.57. The first-order valence-corrected chi connectivity index (χ1v) is 14.1. The number of aromatic nitrogens is 2. The van der Waals surface area contributed by atoms with Crippen molar-refractivity contribution < 1.29 is 28.7 Å². The van der Waals surface area contributed by atoms with Crippen LogP contribution in [0.1, 0.15) is 49.4 Å². The van der Waals surface area contributed by atoms with Crippen LogP contribution in [-0.4, -0.2) is 96.0 Å². The predicted molar refractivity (Wildman–Crippen MR) is 150 cm³/mol. The molecule has 2 N–H and O–H groups in total. The fraction of sp³-hybridized carbons (Fsp3) is 0.552. The number of rotatable bonds is 4. The molecule has 2 aliphatic heterocycles. The van der Waals surface area contributed by atoms with Gasteiger partial charge in [-0.05, 0) is 57.2 Å². The molecule has 2 aromatic rings. The molecule has 12 nitrogen and oxygen atoms in total. The van der Waals surface area contributed by atoms with Crippen molar-refractivity contribution in [1.82, 2.24) is 30.0 Å². The topological polar surface area (TPSA) is 135 Å². The SMILES string of the molecule is COc1cc2ccc1OCC(=O)N[C@@H](C)C(=O)N(C)CCCCN(C(=O)C1(Cn3ccnc3)CC1)CCCNC2=O. The Hall–Kier alpha value is -4.09. The molecule has 1 aromatic carbocycles. The largest absolute Gasteiger partial charge is 0.493 e. The number of amides is 4. The predicted octanol–water partition coefficient (Wildman–Crippen LogP) is 1.46. The lowest BCUT2D eigenvalue weighted by atomic mass is 10.0. The van der Waals surface area contributed by atoms with Crippen LogP contribution in [0.2, 0.25) is 0 Å². The molecule has 41 heavy (non-hydrogen) atoms. The highest BCUT2D eigenvalue weighted by Crippen LogP contribution is 2.48. The Morgan fingerprint density at radius 1 is 1.15 bits per heavy atom. The molecule has 5 rings (SSSR count). The van der Waals surface area contributed by atoms with Crippen LogP contribution >= 0.6 is 0 Å². The second kappa shape index (κ2) is 13.5. The number of carbonyl (C=O) groups excluding carboxylic acids is 4. The molecule has 0 radical (unpaired) electrons. The number of methoxy groups -OCH3 is 1. The third-order valence-electron chi connectivity index (χ3n) is 7.61. The minimum atomic E-state index is -0.728. The van der Waals surface area contributed by atoms with Crippen LogP contribution in [0.4, 0.5) is 0 Å². The fourth-order valence-electron chi connectivity index (χ4n) is 5.05. The van der Waals surface area contributed by atoms with E-state index in [2.05, 4.69) is 15.6 Å². The highest BCUT2D eigenvalue weighted by Gasteiger charge is 2.51. The van der Waals surface area contributed by atoms with Gasteiger partial charge in [-0.15, -0.1) is 0 Å². The van der Waals surface area contributed by atoms with Crippen molar-refractivity contribution in [3.8, 4) is 11.5 Å². The summed E-state index contributed by atoms with van der Waals surface area (Å²) in [6, 6.07) is 3.99. The van der Waals surface area contributed by atoms with Gasteiger partial charge >= 0.3 is 0 Å². The van der Waals surface area contributed by atoms with E-state index < -0.39 is 17.4 Å². The lowest BCUT2D eigenvalue weighted by molar-refractivity contribution is -0.138. The number of nitrogens with zero attached hydrogens (tertiary/aromatic N) is 4. The van der Waals surface area contributed by atoms with E-state index >= 15 is 0 Å². The second-order valence-electron chi connectivity index (χ2n) is 10.8. The van der Waals surface area contributed by atoms with Crippen molar-refractivity contribution in [2.24, 2.45) is 5.41 Å². The van der Waals surface area contributed by atoms with Gasteiger partial charge in [0.15, 0.2) is 18.1 Å². The van der Waals surface area contributed by atoms with Gasteiger partial charge in [0.25, 0.3) is 11.8 Å². The van der Waals surface area contributed by atoms with Crippen LogP contribution in [0.5, 0.6) is 11.5 Å². The van der Waals surface area contributed by atoms with Crippen molar-refractivity contribution in [3.05, 3.63) is 42.5 Å². The number of likely N-dealkylation sites (N-methyl/N-ethyl adjacent to an activating group) is 1. The number of fused-ring (bicyclic) bond motifs is 18. The maximum Gasteiger partial charge on any atom is 0.258 e. The summed E-state index contributed by atoms with van der Waals surface area (Å²) in [7, 11) is 3.16. The maximum atomic E-state index is 13.7. The molecule has 0 saturated heterocycles. The van der Waals surface area contributed by atoms with Crippen LogP contribution < -0.4 is 20.1 Å². The Kier molecular flexibility index (Phi) is 9.85. The standard InChI is InChI=1S/C29H40N6O6/c1-21-27(38)33(2)13-4-5-14-35(28(39)29(9-10-29)19-34-16-12-30-20-34)15-6-11-31-26(37)22-7-8-23(24(17-22)40-3)41-18-25(36)32-21/h7-8,12,16-17,20-21H,4-6,9-11,13-15,18-19H2,1-3H3,(H,31,37)(H,32,36)/t21-/m0/s1. The molecule has 1 aromatic heterocycles. The van der Waals surface area contributed by atoms with Gasteiger partial charge in [-0.2, -0.15) is 0 Å². The summed E-state index contributed by atoms with van der Waals surface area (Å²) in [4.78, 5) is 59.4. The first-order chi connectivity index (χ1) is 19.7. The molecule has 0 unspecified atom stereocenters. The summed E-state index contributed by atoms with van der Waals surface area (Å²) in [6.07, 6.45) is 9.01. The zero-order valence-electron chi connectivity index (χ0n) is 24.1. The van der Waals surface area contributed by atoms with Crippen LogP contribution in [0.25, 0.3) is 0 Å². The lowest BCUT2D eigenvalue weighted by Crippen LogP contribution is -2.47. The minimum absolute atomic E-state index is 0.122. The number of carbonyl (C=O) groups is 4. The summed E-state index contributed by atoms with van der Waals surface area (Å²) < 4.78 is 12.9. The lowest BCUT2D eigenvalue weighted by Gasteiger charge is -2.28. The van der Waals surface area contributed by atoms with Gasteiger partial charge in [0, 0.05) is 57.7 Å². The summed E-state index contributed by atoms with van der Waals surface area (Å²) >= 11 is 0. The van der Waals surface area contributed by atoms with Crippen LogP contribution in [0, 0.1) is 5.41 Å². The van der Waals surface area contributed by atoms with Gasteiger partial charge in [-0.25, -0.2) is 4.98 Å². The Morgan fingerprint density at radius 3 is 2.61 bits per heavy atom. The number of nitrogens with one attached hydrogen (secondary N) is 2. The van der Waals surface area contributed by atoms with E-state index in [1.165, 1.54) is 7.11 Å². The Labute approximate surface area is 240 Å². The van der Waals surface area contributed by atoms with Gasteiger partial charge in [0.2, 0.25) is 11.8 Å². The first-order valence-electron chi connectivity index (χ1n) is 14.1. The molecule has 1 aliphatic carbocycles. The van der Waals surface area contributed by atoms with E-state index in [0.717, 1.165) is 19.3 Å². The molecule has 1 atom stereocenters. The maximum absolute atomic E-state index is 13.7. The third kappa shape index (κ3) is 7.77. The number of imidazole rings is 1. The van der Waals surface area contributed by atoms with E-state index in [-0.39, 0.29) is 24.3 Å². The Morgan fingerprint density at radius 2 is 1.90 bits per heavy atom. The van der Waals surface area contributed by atoms with Gasteiger partial charge < -0.3 is 34.5 Å². The zero-order valence-corrected chi connectivity index (χ0v) is 24.1. The molecule has 1 saturated carbocycles. The van der Waals surface area contributed by atoms with E-state index in [1.54, 1.807) is 49.6 Å². The molecule has 4 amide bonds. The van der Waals surface area contributed by atoms with E-state index in [9.17, 15) is 19.2 Å². The van der Waals surface area contributed by atoms with Gasteiger partial charge in [-0.1, -0.05) is 0 Å². The number of benzene rings is 1. The van der Waals surface area contributed by atoms with Crippen molar-refractivity contribution >= 4 is 23.6 Å². The molecule has 2 bridgehead atoms. The second-order valence-corrected chi connectivity index (χ2v) is 10.8. The molecule has 3 heterocycles. The highest BCUT2D eigenvalue weighted by molar-refractivity contribution is 5.95. The van der Waals surface area contributed by atoms with Crippen molar-refractivity contribution in [2.75, 3.05) is 46.9 Å².